The summed E-state index contributed by atoms with van der Waals surface area (Å²) in [7, 11) is 1.94. The number of benzene rings is 1. The number of halogens is 1. The second-order valence-electron chi connectivity index (χ2n) is 5.41. The largest absolute Gasteiger partial charge is 0.326 e. The fraction of sp³-hybridized carbons (Fsp3) is 0.375. The van der Waals surface area contributed by atoms with Gasteiger partial charge in [0, 0.05) is 26.2 Å². The van der Waals surface area contributed by atoms with Crippen LogP contribution in [0.3, 0.4) is 0 Å². The lowest BCUT2D eigenvalue weighted by molar-refractivity contribution is 0.647. The van der Waals surface area contributed by atoms with Crippen molar-refractivity contribution < 1.29 is 0 Å². The highest BCUT2D eigenvalue weighted by Gasteiger charge is 2.16. The Kier molecular flexibility index (Phi) is 3.72. The zero-order valence-electron chi connectivity index (χ0n) is 12.5. The quantitative estimate of drug-likeness (QED) is 0.690. The summed E-state index contributed by atoms with van der Waals surface area (Å²) in [4.78, 5) is 4.73. The van der Waals surface area contributed by atoms with E-state index in [1.165, 1.54) is 5.56 Å². The van der Waals surface area contributed by atoms with Gasteiger partial charge in [-0.15, -0.1) is 11.6 Å². The minimum atomic E-state index is -0.111. The first-order chi connectivity index (χ1) is 10.1. The van der Waals surface area contributed by atoms with Crippen LogP contribution in [0.15, 0.2) is 30.5 Å². The van der Waals surface area contributed by atoms with Gasteiger partial charge >= 0.3 is 0 Å². The molecule has 3 aromatic rings. The van der Waals surface area contributed by atoms with Gasteiger partial charge in [0.15, 0.2) is 0 Å². The molecule has 0 saturated carbocycles. The molecule has 110 valence electrons. The number of aromatic nitrogens is 4. The maximum atomic E-state index is 6.31. The van der Waals surface area contributed by atoms with Crippen LogP contribution in [-0.2, 0) is 20.0 Å². The highest BCUT2D eigenvalue weighted by atomic mass is 35.5. The second kappa shape index (κ2) is 5.53. The third kappa shape index (κ3) is 2.68. The average molecular weight is 303 g/mol. The Morgan fingerprint density at radius 2 is 2.10 bits per heavy atom. The topological polar surface area (TPSA) is 35.6 Å². The van der Waals surface area contributed by atoms with E-state index in [2.05, 4.69) is 34.8 Å². The lowest BCUT2D eigenvalue weighted by atomic mass is 10.2. The van der Waals surface area contributed by atoms with E-state index in [9.17, 15) is 0 Å². The Labute approximate surface area is 129 Å². The molecule has 0 saturated heterocycles. The Morgan fingerprint density at radius 3 is 2.76 bits per heavy atom. The summed E-state index contributed by atoms with van der Waals surface area (Å²) in [6.07, 6.45) is 2.84. The smallest absolute Gasteiger partial charge is 0.127 e. The average Bonchev–Trinajstić information content (AvgIpc) is 3.01. The first-order valence-corrected chi connectivity index (χ1v) is 7.58. The van der Waals surface area contributed by atoms with Gasteiger partial charge < -0.3 is 4.57 Å². The molecular weight excluding hydrogens is 284 g/mol. The monoisotopic (exact) mass is 302 g/mol. The Bertz CT molecular complexity index is 770. The zero-order valence-corrected chi connectivity index (χ0v) is 13.3. The number of hydrogen-bond acceptors (Lipinski definition) is 2. The van der Waals surface area contributed by atoms with Gasteiger partial charge in [-0.3, -0.25) is 4.68 Å². The molecule has 0 aliphatic carbocycles. The van der Waals surface area contributed by atoms with Gasteiger partial charge in [0.1, 0.15) is 5.82 Å². The minimum absolute atomic E-state index is 0.111. The predicted octanol–water partition coefficient (Wildman–Crippen LogP) is 3.62. The van der Waals surface area contributed by atoms with Crippen LogP contribution in [0.25, 0.3) is 11.0 Å². The molecule has 1 unspecified atom stereocenters. The fourth-order valence-corrected chi connectivity index (χ4v) is 2.83. The van der Waals surface area contributed by atoms with Crippen LogP contribution in [0.2, 0.25) is 0 Å². The van der Waals surface area contributed by atoms with Crippen molar-refractivity contribution in [1.82, 2.24) is 19.3 Å². The van der Waals surface area contributed by atoms with Crippen LogP contribution in [0.1, 0.15) is 29.4 Å². The van der Waals surface area contributed by atoms with E-state index in [1.54, 1.807) is 0 Å². The van der Waals surface area contributed by atoms with Crippen molar-refractivity contribution in [2.24, 2.45) is 7.05 Å². The van der Waals surface area contributed by atoms with Crippen molar-refractivity contribution in [2.45, 2.75) is 32.2 Å². The van der Waals surface area contributed by atoms with Crippen LogP contribution in [0.4, 0.5) is 0 Å². The first-order valence-electron chi connectivity index (χ1n) is 7.14. The van der Waals surface area contributed by atoms with Crippen molar-refractivity contribution in [3.63, 3.8) is 0 Å². The highest BCUT2D eigenvalue weighted by Crippen LogP contribution is 2.26. The van der Waals surface area contributed by atoms with Gasteiger partial charge in [-0.1, -0.05) is 12.1 Å². The van der Waals surface area contributed by atoms with Crippen LogP contribution in [0, 0.1) is 6.92 Å². The van der Waals surface area contributed by atoms with Gasteiger partial charge in [0.2, 0.25) is 0 Å². The molecule has 21 heavy (non-hydrogen) atoms. The SMILES string of the molecule is Cc1cccc2c1nc(C(C)Cl)n2CCc1ccn(C)n1. The molecule has 0 spiro atoms. The molecule has 0 bridgehead atoms. The van der Waals surface area contributed by atoms with E-state index in [4.69, 9.17) is 16.6 Å². The molecule has 0 fully saturated rings. The summed E-state index contributed by atoms with van der Waals surface area (Å²) in [5.74, 6) is 0.928. The number of alkyl halides is 1. The first kappa shape index (κ1) is 14.1. The second-order valence-corrected chi connectivity index (χ2v) is 6.07. The van der Waals surface area contributed by atoms with Crippen molar-refractivity contribution in [1.29, 1.82) is 0 Å². The van der Waals surface area contributed by atoms with E-state index in [0.29, 0.717) is 0 Å². The summed E-state index contributed by atoms with van der Waals surface area (Å²) in [6, 6.07) is 8.31. The van der Waals surface area contributed by atoms with E-state index in [-0.39, 0.29) is 5.38 Å². The summed E-state index contributed by atoms with van der Waals surface area (Å²) < 4.78 is 4.05. The Hall–Kier alpha value is -1.81. The molecule has 1 atom stereocenters. The molecule has 3 rings (SSSR count). The number of para-hydroxylation sites is 1. The van der Waals surface area contributed by atoms with E-state index in [0.717, 1.165) is 35.5 Å². The van der Waals surface area contributed by atoms with Gasteiger partial charge in [-0.2, -0.15) is 5.10 Å². The molecule has 0 radical (unpaired) electrons. The lowest BCUT2D eigenvalue weighted by Gasteiger charge is -2.09. The van der Waals surface area contributed by atoms with E-state index < -0.39 is 0 Å². The van der Waals surface area contributed by atoms with Crippen LogP contribution in [0.5, 0.6) is 0 Å². The molecule has 2 heterocycles. The van der Waals surface area contributed by atoms with Crippen LogP contribution < -0.4 is 0 Å². The van der Waals surface area contributed by atoms with Gasteiger partial charge in [0.05, 0.1) is 22.1 Å². The number of rotatable bonds is 4. The maximum absolute atomic E-state index is 6.31. The fourth-order valence-electron chi connectivity index (χ4n) is 2.67. The number of fused-ring (bicyclic) bond motifs is 1. The normalized spacial score (nSPS) is 13.0. The lowest BCUT2D eigenvalue weighted by Crippen LogP contribution is -2.07. The van der Waals surface area contributed by atoms with E-state index >= 15 is 0 Å². The van der Waals surface area contributed by atoms with Gasteiger partial charge in [-0.05, 0) is 31.5 Å². The number of aryl methyl sites for hydroxylation is 4. The van der Waals surface area contributed by atoms with Crippen molar-refractivity contribution in [2.75, 3.05) is 0 Å². The third-order valence-electron chi connectivity index (χ3n) is 3.73. The van der Waals surface area contributed by atoms with Crippen molar-refractivity contribution in [3.05, 3.63) is 47.5 Å². The standard InChI is InChI=1S/C16H19ClN4/c1-11-5-4-6-14-15(11)18-16(12(2)17)21(14)10-8-13-7-9-20(3)19-13/h4-7,9,12H,8,10H2,1-3H3. The molecule has 0 amide bonds. The minimum Gasteiger partial charge on any atom is -0.326 e. The molecule has 0 N–H and O–H groups in total. The molecule has 2 aromatic heterocycles. The number of hydrogen-bond donors (Lipinski definition) is 0. The van der Waals surface area contributed by atoms with Gasteiger partial charge in [0.25, 0.3) is 0 Å². The molecule has 0 aliphatic rings. The molecular formula is C16H19ClN4. The number of imidazole rings is 1. The predicted molar refractivity (Wildman–Crippen MR) is 85.7 cm³/mol. The highest BCUT2D eigenvalue weighted by molar-refractivity contribution is 6.20. The summed E-state index contributed by atoms with van der Waals surface area (Å²) in [5.41, 5.74) is 4.46. The maximum Gasteiger partial charge on any atom is 0.127 e. The number of nitrogens with zero attached hydrogens (tertiary/aromatic N) is 4. The van der Waals surface area contributed by atoms with Gasteiger partial charge in [-0.25, -0.2) is 4.98 Å². The van der Waals surface area contributed by atoms with Crippen LogP contribution in [-0.4, -0.2) is 19.3 Å². The molecule has 1 aromatic carbocycles. The van der Waals surface area contributed by atoms with E-state index in [1.807, 2.05) is 30.9 Å². The van der Waals surface area contributed by atoms with Crippen LogP contribution >= 0.6 is 11.6 Å². The molecule has 4 nitrogen and oxygen atoms in total. The van der Waals surface area contributed by atoms with Crippen molar-refractivity contribution in [3.8, 4) is 0 Å². The summed E-state index contributed by atoms with van der Waals surface area (Å²) in [5, 5.41) is 4.32. The molecule has 0 aliphatic heterocycles. The molecule has 5 heteroatoms. The van der Waals surface area contributed by atoms with Crippen molar-refractivity contribution >= 4 is 22.6 Å². The third-order valence-corrected chi connectivity index (χ3v) is 3.92. The Balaban J connectivity index is 1.99. The Morgan fingerprint density at radius 1 is 1.29 bits per heavy atom. The summed E-state index contributed by atoms with van der Waals surface area (Å²) >= 11 is 6.31. The zero-order chi connectivity index (χ0) is 15.0. The summed E-state index contributed by atoms with van der Waals surface area (Å²) in [6.45, 7) is 4.89.